The third-order valence-corrected chi connectivity index (χ3v) is 3.57. The third kappa shape index (κ3) is 2.08. The Bertz CT molecular complexity index is 343. The molecule has 0 bridgehead atoms. The van der Waals surface area contributed by atoms with Crippen molar-refractivity contribution in [1.82, 2.24) is 9.78 Å². The van der Waals surface area contributed by atoms with Crippen LogP contribution >= 0.6 is 0 Å². The van der Waals surface area contributed by atoms with Crippen molar-refractivity contribution in [3.8, 4) is 0 Å². The van der Waals surface area contributed by atoms with Crippen molar-refractivity contribution in [3.63, 3.8) is 0 Å². The fraction of sp³-hybridized carbons (Fsp3) is 0.769. The van der Waals surface area contributed by atoms with E-state index >= 15 is 0 Å². The van der Waals surface area contributed by atoms with Gasteiger partial charge in [-0.1, -0.05) is 27.2 Å². The molecule has 1 N–H and O–H groups in total. The first kappa shape index (κ1) is 11.5. The Balaban J connectivity index is 2.18. The summed E-state index contributed by atoms with van der Waals surface area (Å²) >= 11 is 0. The van der Waals surface area contributed by atoms with Gasteiger partial charge in [-0.2, -0.15) is 5.10 Å². The molecule has 2 atom stereocenters. The number of unbranched alkanes of at least 4 members (excludes halogenated alkanes) is 1. The van der Waals surface area contributed by atoms with Crippen LogP contribution in [0.2, 0.25) is 0 Å². The summed E-state index contributed by atoms with van der Waals surface area (Å²) in [5.41, 5.74) is 1.25. The summed E-state index contributed by atoms with van der Waals surface area (Å²) in [7, 11) is 0. The van der Waals surface area contributed by atoms with E-state index in [1.165, 1.54) is 30.8 Å². The van der Waals surface area contributed by atoms with Crippen molar-refractivity contribution in [2.24, 2.45) is 5.92 Å². The third-order valence-electron chi connectivity index (χ3n) is 3.57. The molecule has 2 unspecified atom stereocenters. The number of hydrogen-bond donors (Lipinski definition) is 1. The fourth-order valence-corrected chi connectivity index (χ4v) is 2.53. The highest BCUT2D eigenvalue weighted by molar-refractivity contribution is 5.39. The molecule has 1 aliphatic heterocycles. The number of hydrogen-bond acceptors (Lipinski definition) is 2. The second-order valence-corrected chi connectivity index (χ2v) is 4.90. The van der Waals surface area contributed by atoms with E-state index in [2.05, 4.69) is 36.8 Å². The molecule has 1 aromatic heterocycles. The molecule has 16 heavy (non-hydrogen) atoms. The van der Waals surface area contributed by atoms with E-state index in [-0.39, 0.29) is 0 Å². The van der Waals surface area contributed by atoms with E-state index < -0.39 is 0 Å². The standard InChI is InChI=1S/C13H23N3/c1-4-6-7-11-8-13-14-9-10(3)12(5-2)16(13)15-11/h8,10,12,14H,4-7,9H2,1-3H3. The SMILES string of the molecule is CCCCc1cc2n(n1)C(CC)C(C)CN2. The molecule has 2 rings (SSSR count). The Labute approximate surface area is 98.2 Å². The number of aryl methyl sites for hydroxylation is 1. The molecule has 90 valence electrons. The van der Waals surface area contributed by atoms with E-state index in [4.69, 9.17) is 5.10 Å². The van der Waals surface area contributed by atoms with Crippen molar-refractivity contribution in [2.45, 2.75) is 52.5 Å². The lowest BCUT2D eigenvalue weighted by Gasteiger charge is -2.30. The lowest BCUT2D eigenvalue weighted by atomic mass is 9.98. The van der Waals surface area contributed by atoms with Crippen molar-refractivity contribution < 1.29 is 0 Å². The molecule has 0 saturated heterocycles. The molecular formula is C13H23N3. The molecule has 3 nitrogen and oxygen atoms in total. The van der Waals surface area contributed by atoms with Crippen LogP contribution < -0.4 is 5.32 Å². The molecule has 1 aromatic rings. The monoisotopic (exact) mass is 221 g/mol. The molecule has 0 saturated carbocycles. The zero-order valence-corrected chi connectivity index (χ0v) is 10.7. The highest BCUT2D eigenvalue weighted by Gasteiger charge is 2.25. The van der Waals surface area contributed by atoms with E-state index in [0.717, 1.165) is 13.0 Å². The summed E-state index contributed by atoms with van der Waals surface area (Å²) < 4.78 is 2.21. The average molecular weight is 221 g/mol. The Morgan fingerprint density at radius 1 is 1.50 bits per heavy atom. The van der Waals surface area contributed by atoms with Gasteiger partial charge in [0.1, 0.15) is 5.82 Å². The van der Waals surface area contributed by atoms with Crippen molar-refractivity contribution >= 4 is 5.82 Å². The highest BCUT2D eigenvalue weighted by atomic mass is 15.4. The summed E-state index contributed by atoms with van der Waals surface area (Å²) in [6.45, 7) is 7.86. The average Bonchev–Trinajstić information content (AvgIpc) is 2.69. The van der Waals surface area contributed by atoms with Crippen LogP contribution in [0.1, 0.15) is 51.8 Å². The minimum Gasteiger partial charge on any atom is -0.370 e. The smallest absolute Gasteiger partial charge is 0.124 e. The Hall–Kier alpha value is -0.990. The lowest BCUT2D eigenvalue weighted by Crippen LogP contribution is -2.30. The number of nitrogens with one attached hydrogen (secondary N) is 1. The molecule has 0 spiro atoms. The summed E-state index contributed by atoms with van der Waals surface area (Å²) in [4.78, 5) is 0. The van der Waals surface area contributed by atoms with Gasteiger partial charge in [0.2, 0.25) is 0 Å². The van der Waals surface area contributed by atoms with Crippen LogP contribution in [0.5, 0.6) is 0 Å². The first-order valence-electron chi connectivity index (χ1n) is 6.58. The zero-order chi connectivity index (χ0) is 11.5. The Morgan fingerprint density at radius 2 is 2.31 bits per heavy atom. The van der Waals surface area contributed by atoms with Gasteiger partial charge in [-0.15, -0.1) is 0 Å². The van der Waals surface area contributed by atoms with E-state index in [1.807, 2.05) is 0 Å². The van der Waals surface area contributed by atoms with Crippen molar-refractivity contribution in [1.29, 1.82) is 0 Å². The van der Waals surface area contributed by atoms with Gasteiger partial charge < -0.3 is 5.32 Å². The molecule has 0 fully saturated rings. The lowest BCUT2D eigenvalue weighted by molar-refractivity contribution is 0.311. The van der Waals surface area contributed by atoms with Crippen LogP contribution in [0.4, 0.5) is 5.82 Å². The van der Waals surface area contributed by atoms with Crippen LogP contribution in [0.15, 0.2) is 6.07 Å². The maximum absolute atomic E-state index is 4.75. The van der Waals surface area contributed by atoms with Gasteiger partial charge in [-0.05, 0) is 25.2 Å². The minimum absolute atomic E-state index is 0.576. The van der Waals surface area contributed by atoms with E-state index in [0.29, 0.717) is 12.0 Å². The van der Waals surface area contributed by atoms with Gasteiger partial charge in [0, 0.05) is 12.6 Å². The molecule has 0 aliphatic carbocycles. The van der Waals surface area contributed by atoms with Gasteiger partial charge in [0.25, 0.3) is 0 Å². The maximum atomic E-state index is 4.75. The number of aromatic nitrogens is 2. The van der Waals surface area contributed by atoms with E-state index in [9.17, 15) is 0 Å². The fourth-order valence-electron chi connectivity index (χ4n) is 2.53. The maximum Gasteiger partial charge on any atom is 0.124 e. The topological polar surface area (TPSA) is 29.9 Å². The van der Waals surface area contributed by atoms with Crippen molar-refractivity contribution in [2.75, 3.05) is 11.9 Å². The van der Waals surface area contributed by atoms with Crippen LogP contribution in [0, 0.1) is 5.92 Å². The summed E-state index contributed by atoms with van der Waals surface area (Å²) in [6.07, 6.45) is 4.76. The van der Waals surface area contributed by atoms with Gasteiger partial charge in [0.05, 0.1) is 11.7 Å². The Morgan fingerprint density at radius 3 is 3.00 bits per heavy atom. The summed E-state index contributed by atoms with van der Waals surface area (Å²) in [5.74, 6) is 1.90. The molecule has 0 radical (unpaired) electrons. The first-order chi connectivity index (χ1) is 7.76. The van der Waals surface area contributed by atoms with E-state index in [1.54, 1.807) is 0 Å². The molecule has 0 amide bonds. The predicted molar refractivity (Wildman–Crippen MR) is 67.8 cm³/mol. The number of anilines is 1. The molecule has 0 aromatic carbocycles. The molecule has 3 heteroatoms. The second-order valence-electron chi connectivity index (χ2n) is 4.90. The zero-order valence-electron chi connectivity index (χ0n) is 10.7. The summed E-state index contributed by atoms with van der Waals surface area (Å²) in [5, 5.41) is 8.22. The quantitative estimate of drug-likeness (QED) is 0.846. The van der Waals surface area contributed by atoms with Crippen LogP contribution in [0.3, 0.4) is 0 Å². The van der Waals surface area contributed by atoms with Crippen molar-refractivity contribution in [3.05, 3.63) is 11.8 Å². The minimum atomic E-state index is 0.576. The number of nitrogens with zero attached hydrogens (tertiary/aromatic N) is 2. The van der Waals surface area contributed by atoms with Crippen LogP contribution in [-0.2, 0) is 6.42 Å². The molecular weight excluding hydrogens is 198 g/mol. The molecule has 2 heterocycles. The normalized spacial score (nSPS) is 23.9. The number of fused-ring (bicyclic) bond motifs is 1. The van der Waals surface area contributed by atoms with Gasteiger partial charge in [-0.3, -0.25) is 0 Å². The molecule has 1 aliphatic rings. The first-order valence-corrected chi connectivity index (χ1v) is 6.58. The van der Waals surface area contributed by atoms with Gasteiger partial charge in [-0.25, -0.2) is 4.68 Å². The highest BCUT2D eigenvalue weighted by Crippen LogP contribution is 2.30. The van der Waals surface area contributed by atoms with Gasteiger partial charge in [0.15, 0.2) is 0 Å². The van der Waals surface area contributed by atoms with Crippen LogP contribution in [-0.4, -0.2) is 16.3 Å². The second kappa shape index (κ2) is 4.89. The largest absolute Gasteiger partial charge is 0.370 e. The predicted octanol–water partition coefficient (Wildman–Crippen LogP) is 3.24. The Kier molecular flexibility index (Phi) is 3.52. The number of rotatable bonds is 4. The summed E-state index contributed by atoms with van der Waals surface area (Å²) in [6, 6.07) is 2.80. The van der Waals surface area contributed by atoms with Gasteiger partial charge >= 0.3 is 0 Å². The van der Waals surface area contributed by atoms with Crippen LogP contribution in [0.25, 0.3) is 0 Å².